The summed E-state index contributed by atoms with van der Waals surface area (Å²) in [7, 11) is -0.907. The molecule has 270 valence electrons. The molecule has 0 fully saturated rings. The van der Waals surface area contributed by atoms with Gasteiger partial charge in [-0.05, 0) is 69.7 Å². The lowest BCUT2D eigenvalue weighted by molar-refractivity contribution is 0.0675. The van der Waals surface area contributed by atoms with Crippen LogP contribution in [0.4, 0.5) is 11.4 Å². The lowest BCUT2D eigenvalue weighted by atomic mass is 9.75. The Labute approximate surface area is 320 Å². The molecule has 0 radical (unpaired) electrons. The molecule has 6 aromatic rings. The minimum atomic E-state index is -1.06. The van der Waals surface area contributed by atoms with Crippen LogP contribution < -0.4 is 30.5 Å². The Morgan fingerprint density at radius 2 is 1.11 bits per heavy atom. The van der Waals surface area contributed by atoms with Crippen molar-refractivity contribution in [2.24, 2.45) is 5.10 Å². The van der Waals surface area contributed by atoms with Crippen molar-refractivity contribution in [3.05, 3.63) is 173 Å². The molecule has 6 aromatic carbocycles. The van der Waals surface area contributed by atoms with Gasteiger partial charge in [-0.25, -0.2) is 5.01 Å². The summed E-state index contributed by atoms with van der Waals surface area (Å²) < 4.78 is 6.89. The van der Waals surface area contributed by atoms with Gasteiger partial charge >= 0.3 is 0 Å². The number of hydrogen-bond donors (Lipinski definition) is 0. The molecule has 0 N–H and O–H groups in total. The quantitative estimate of drug-likeness (QED) is 0.0988. The number of fused-ring (bicyclic) bond motifs is 6. The first kappa shape index (κ1) is 35.3. The summed E-state index contributed by atoms with van der Waals surface area (Å²) in [6.07, 6.45) is 1.89. The number of rotatable bonds is 11. The van der Waals surface area contributed by atoms with E-state index >= 15 is 0 Å². The van der Waals surface area contributed by atoms with Crippen molar-refractivity contribution in [2.45, 2.75) is 33.2 Å². The monoisotopic (exact) mass is 728 g/mol. The predicted molar refractivity (Wildman–Crippen MR) is 225 cm³/mol. The van der Waals surface area contributed by atoms with Crippen molar-refractivity contribution < 1.29 is 9.53 Å². The largest absolute Gasteiger partial charge is 0.456 e. The van der Waals surface area contributed by atoms with E-state index < -0.39 is 13.5 Å². The van der Waals surface area contributed by atoms with Crippen molar-refractivity contribution in [1.82, 2.24) is 5.01 Å². The van der Waals surface area contributed by atoms with E-state index in [9.17, 15) is 4.79 Å². The van der Waals surface area contributed by atoms with Gasteiger partial charge in [0.1, 0.15) is 17.0 Å². The highest BCUT2D eigenvalue weighted by molar-refractivity contribution is 7.80. The molecule has 0 aliphatic carbocycles. The third kappa shape index (κ3) is 5.86. The van der Waals surface area contributed by atoms with Crippen LogP contribution in [0, 0.1) is 0 Å². The molecule has 54 heavy (non-hydrogen) atoms. The molecular formula is C47H45N4O2P. The highest BCUT2D eigenvalue weighted by Crippen LogP contribution is 2.58. The number of anilines is 2. The fourth-order valence-corrected chi connectivity index (χ4v) is 10.6. The predicted octanol–water partition coefficient (Wildman–Crippen LogP) is 9.02. The highest BCUT2D eigenvalue weighted by Gasteiger charge is 2.57. The van der Waals surface area contributed by atoms with E-state index in [4.69, 9.17) is 9.84 Å². The van der Waals surface area contributed by atoms with Gasteiger partial charge in [-0.1, -0.05) is 115 Å². The Kier molecular flexibility index (Phi) is 9.79. The molecule has 0 bridgehead atoms. The Morgan fingerprint density at radius 1 is 0.611 bits per heavy atom. The van der Waals surface area contributed by atoms with Crippen LogP contribution in [0.25, 0.3) is 0 Å². The van der Waals surface area contributed by atoms with Crippen molar-refractivity contribution in [3.8, 4) is 11.5 Å². The maximum atomic E-state index is 14.9. The lowest BCUT2D eigenvalue weighted by Crippen LogP contribution is -2.44. The van der Waals surface area contributed by atoms with E-state index in [1.165, 1.54) is 15.9 Å². The summed E-state index contributed by atoms with van der Waals surface area (Å²) in [4.78, 5) is 19.5. The average molecular weight is 729 g/mol. The van der Waals surface area contributed by atoms with Gasteiger partial charge in [0.2, 0.25) is 0 Å². The standard InChI is InChI=1S/C47H45N4O2P/c1-5-49(6-2)35-27-29-41-43(31-35)53-44-32-36(50(7-3)8-4)28-30-42(44)47(41)40-25-17-16-24-39(40)46(52)51(47)48-33-34-19-15-18-26-45(34)54(37-20-11-9-12-21-37)38-22-13-10-14-23-38/h9-33H,5-8H2,1-4H3/b48-33+. The van der Waals surface area contributed by atoms with Crippen LogP contribution in [0.3, 0.4) is 0 Å². The van der Waals surface area contributed by atoms with Crippen LogP contribution in [0.2, 0.25) is 0 Å². The van der Waals surface area contributed by atoms with Gasteiger partial charge in [0, 0.05) is 77.5 Å². The molecule has 2 heterocycles. The molecule has 2 aliphatic rings. The van der Waals surface area contributed by atoms with E-state index in [0.717, 1.165) is 71.3 Å². The van der Waals surface area contributed by atoms with E-state index in [1.54, 1.807) is 5.01 Å². The molecule has 0 aromatic heterocycles. The second kappa shape index (κ2) is 15.0. The molecule has 0 saturated carbocycles. The summed E-state index contributed by atoms with van der Waals surface area (Å²) in [6, 6.07) is 50.6. The third-order valence-electron chi connectivity index (χ3n) is 10.8. The fraction of sp³-hybridized carbons (Fsp3) is 0.191. The normalized spacial score (nSPS) is 13.9. The molecule has 0 saturated heterocycles. The summed E-state index contributed by atoms with van der Waals surface area (Å²) in [5, 5.41) is 10.7. The number of nitrogens with zero attached hydrogens (tertiary/aromatic N) is 4. The Morgan fingerprint density at radius 3 is 1.67 bits per heavy atom. The van der Waals surface area contributed by atoms with E-state index in [0.29, 0.717) is 5.56 Å². The minimum Gasteiger partial charge on any atom is -0.456 e. The van der Waals surface area contributed by atoms with Gasteiger partial charge in [0.15, 0.2) is 0 Å². The molecule has 8 rings (SSSR count). The fourth-order valence-electron chi connectivity index (χ4n) is 8.15. The van der Waals surface area contributed by atoms with Crippen LogP contribution in [-0.4, -0.2) is 43.3 Å². The molecule has 0 unspecified atom stereocenters. The zero-order chi connectivity index (χ0) is 37.2. The zero-order valence-corrected chi connectivity index (χ0v) is 32.2. The van der Waals surface area contributed by atoms with Crippen LogP contribution in [-0.2, 0) is 5.54 Å². The van der Waals surface area contributed by atoms with Crippen molar-refractivity contribution in [1.29, 1.82) is 0 Å². The SMILES string of the molecule is CCN(CC)c1ccc2c(c1)Oc1cc(N(CC)CC)ccc1C21c2ccccc2C(=O)N1/N=C/c1ccccc1P(c1ccccc1)c1ccccc1. The smallest absolute Gasteiger partial charge is 0.275 e. The Bertz CT molecular complexity index is 2220. The first-order valence-electron chi connectivity index (χ1n) is 19.0. The van der Waals surface area contributed by atoms with Crippen LogP contribution in [0.1, 0.15) is 60.3 Å². The molecule has 6 nitrogen and oxygen atoms in total. The molecule has 0 atom stereocenters. The summed E-state index contributed by atoms with van der Waals surface area (Å²) in [5.41, 5.74) is 5.38. The minimum absolute atomic E-state index is 0.146. The van der Waals surface area contributed by atoms with Crippen molar-refractivity contribution in [2.75, 3.05) is 36.0 Å². The van der Waals surface area contributed by atoms with E-state index in [-0.39, 0.29) is 5.91 Å². The lowest BCUT2D eigenvalue weighted by Gasteiger charge is -2.42. The topological polar surface area (TPSA) is 48.4 Å². The molecule has 1 spiro atoms. The summed E-state index contributed by atoms with van der Waals surface area (Å²) in [5.74, 6) is 1.31. The van der Waals surface area contributed by atoms with Crippen molar-refractivity contribution >= 4 is 47.3 Å². The highest BCUT2D eigenvalue weighted by atomic mass is 31.1. The maximum Gasteiger partial charge on any atom is 0.275 e. The van der Waals surface area contributed by atoms with Gasteiger partial charge in [-0.15, -0.1) is 0 Å². The van der Waals surface area contributed by atoms with Crippen LogP contribution >= 0.6 is 7.92 Å². The number of hydrogen-bond acceptors (Lipinski definition) is 5. The van der Waals surface area contributed by atoms with Crippen LogP contribution in [0.5, 0.6) is 11.5 Å². The Balaban J connectivity index is 1.35. The maximum absolute atomic E-state index is 14.9. The first-order chi connectivity index (χ1) is 26.5. The molecular weight excluding hydrogens is 684 g/mol. The van der Waals surface area contributed by atoms with Gasteiger partial charge in [0.05, 0.1) is 6.21 Å². The molecule has 1 amide bonds. The molecule has 2 aliphatic heterocycles. The van der Waals surface area contributed by atoms with Crippen LogP contribution in [0.15, 0.2) is 151 Å². The second-order valence-electron chi connectivity index (χ2n) is 13.5. The number of hydrazone groups is 1. The number of benzene rings is 6. The zero-order valence-electron chi connectivity index (χ0n) is 31.3. The van der Waals surface area contributed by atoms with Gasteiger partial charge in [0.25, 0.3) is 5.91 Å². The van der Waals surface area contributed by atoms with E-state index in [1.807, 2.05) is 30.5 Å². The van der Waals surface area contributed by atoms with Gasteiger partial charge in [-0.2, -0.15) is 5.10 Å². The van der Waals surface area contributed by atoms with Gasteiger partial charge in [-0.3, -0.25) is 4.79 Å². The number of amides is 1. The molecule has 7 heteroatoms. The number of carbonyl (C=O) groups excluding carboxylic acids is 1. The second-order valence-corrected chi connectivity index (χ2v) is 15.7. The summed E-state index contributed by atoms with van der Waals surface area (Å²) >= 11 is 0. The summed E-state index contributed by atoms with van der Waals surface area (Å²) in [6.45, 7) is 12.1. The first-order valence-corrected chi connectivity index (χ1v) is 20.3. The average Bonchev–Trinajstić information content (AvgIpc) is 3.46. The third-order valence-corrected chi connectivity index (χ3v) is 13.3. The van der Waals surface area contributed by atoms with Gasteiger partial charge < -0.3 is 14.5 Å². The Hall–Kier alpha value is -5.71. The number of ether oxygens (including phenoxy) is 1. The van der Waals surface area contributed by atoms with E-state index in [2.05, 4.69) is 159 Å². The van der Waals surface area contributed by atoms with Crippen molar-refractivity contribution in [3.63, 3.8) is 0 Å². The number of carbonyl (C=O) groups is 1.